The van der Waals surface area contributed by atoms with Crippen molar-refractivity contribution in [1.29, 1.82) is 0 Å². The smallest absolute Gasteiger partial charge is 0.166 e. The predicted octanol–water partition coefficient (Wildman–Crippen LogP) is 4.00. The molecular formula is C8H8F6. The second-order valence-electron chi connectivity index (χ2n) is 2.82. The molecule has 0 aromatic heterocycles. The van der Waals surface area contributed by atoms with Gasteiger partial charge in [0.2, 0.25) is 0 Å². The molecule has 0 aliphatic heterocycles. The Balaban J connectivity index is 5.15. The van der Waals surface area contributed by atoms with E-state index in [2.05, 4.69) is 0 Å². The first kappa shape index (κ1) is 13.1. The summed E-state index contributed by atoms with van der Waals surface area (Å²) < 4.78 is 71.1. The molecule has 0 aromatic carbocycles. The van der Waals surface area contributed by atoms with Crippen LogP contribution in [-0.4, -0.2) is 12.4 Å². The van der Waals surface area contributed by atoms with Crippen molar-refractivity contribution >= 4 is 0 Å². The van der Waals surface area contributed by atoms with Crippen LogP contribution in [0.25, 0.3) is 0 Å². The molecule has 0 fully saturated rings. The molecule has 0 aromatic rings. The average Bonchev–Trinajstić information content (AvgIpc) is 1.78. The van der Waals surface area contributed by atoms with E-state index in [-0.39, 0.29) is 6.08 Å². The van der Waals surface area contributed by atoms with Crippen LogP contribution in [0, 0.1) is 0 Å². The van der Waals surface area contributed by atoms with Gasteiger partial charge < -0.3 is 0 Å². The third-order valence-electron chi connectivity index (χ3n) is 1.19. The number of hydrogen-bond donors (Lipinski definition) is 0. The number of rotatable bonds is 1. The zero-order chi connectivity index (χ0) is 11.6. The molecule has 0 aliphatic rings. The molecule has 0 heterocycles. The Morgan fingerprint density at radius 1 is 0.786 bits per heavy atom. The van der Waals surface area contributed by atoms with Gasteiger partial charge in [0.15, 0.2) is 0 Å². The summed E-state index contributed by atoms with van der Waals surface area (Å²) in [6, 6.07) is 0. The number of allylic oxidation sites excluding steroid dienone is 4. The lowest BCUT2D eigenvalue weighted by molar-refractivity contribution is -0.171. The fourth-order valence-corrected chi connectivity index (χ4v) is 0.600. The van der Waals surface area contributed by atoms with Gasteiger partial charge in [-0.2, -0.15) is 26.3 Å². The van der Waals surface area contributed by atoms with Crippen molar-refractivity contribution < 1.29 is 26.3 Å². The van der Waals surface area contributed by atoms with E-state index in [1.54, 1.807) is 0 Å². The van der Waals surface area contributed by atoms with Crippen LogP contribution in [0.4, 0.5) is 26.3 Å². The summed E-state index contributed by atoms with van der Waals surface area (Å²) in [4.78, 5) is 0. The van der Waals surface area contributed by atoms with Crippen LogP contribution in [0.1, 0.15) is 13.8 Å². The van der Waals surface area contributed by atoms with Crippen molar-refractivity contribution in [2.75, 3.05) is 0 Å². The van der Waals surface area contributed by atoms with Gasteiger partial charge in [0.05, 0.1) is 0 Å². The Hall–Kier alpha value is -0.940. The molecule has 14 heavy (non-hydrogen) atoms. The highest BCUT2D eigenvalue weighted by atomic mass is 19.4. The maximum atomic E-state index is 11.8. The molecule has 0 N–H and O–H groups in total. The maximum absolute atomic E-state index is 11.8. The Morgan fingerprint density at radius 3 is 1.36 bits per heavy atom. The minimum absolute atomic E-state index is 0.0370. The van der Waals surface area contributed by atoms with Gasteiger partial charge in [0.25, 0.3) is 0 Å². The monoisotopic (exact) mass is 218 g/mol. The van der Waals surface area contributed by atoms with Gasteiger partial charge in [-0.1, -0.05) is 11.6 Å². The summed E-state index contributed by atoms with van der Waals surface area (Å²) in [6.07, 6.45) is -9.93. The molecular weight excluding hydrogens is 210 g/mol. The van der Waals surface area contributed by atoms with Crippen LogP contribution in [0.3, 0.4) is 0 Å². The van der Waals surface area contributed by atoms with Gasteiger partial charge in [0, 0.05) is 0 Å². The molecule has 0 rings (SSSR count). The average molecular weight is 218 g/mol. The van der Waals surface area contributed by atoms with E-state index in [4.69, 9.17) is 0 Å². The third kappa shape index (κ3) is 4.34. The summed E-state index contributed by atoms with van der Waals surface area (Å²) in [5.74, 6) is 0. The first-order chi connectivity index (χ1) is 6.05. The van der Waals surface area contributed by atoms with Gasteiger partial charge in [-0.15, -0.1) is 0 Å². The lowest BCUT2D eigenvalue weighted by Crippen LogP contribution is -2.25. The predicted molar refractivity (Wildman–Crippen MR) is 39.6 cm³/mol. The van der Waals surface area contributed by atoms with Crippen LogP contribution < -0.4 is 0 Å². The highest BCUT2D eigenvalue weighted by molar-refractivity contribution is 5.23. The number of hydrogen-bond acceptors (Lipinski definition) is 0. The van der Waals surface area contributed by atoms with Crippen molar-refractivity contribution in [3.63, 3.8) is 0 Å². The van der Waals surface area contributed by atoms with E-state index < -0.39 is 17.9 Å². The minimum atomic E-state index is -5.37. The molecule has 0 nitrogen and oxygen atoms in total. The first-order valence-corrected chi connectivity index (χ1v) is 3.54. The molecule has 0 bridgehead atoms. The normalized spacial score (nSPS) is 12.3. The number of halogens is 6. The molecule has 0 saturated carbocycles. The Kier molecular flexibility index (Phi) is 3.79. The van der Waals surface area contributed by atoms with E-state index >= 15 is 0 Å². The van der Waals surface area contributed by atoms with Gasteiger partial charge in [-0.25, -0.2) is 0 Å². The van der Waals surface area contributed by atoms with Gasteiger partial charge >= 0.3 is 12.4 Å². The highest BCUT2D eigenvalue weighted by Gasteiger charge is 2.50. The fraction of sp³-hybridized carbons (Fsp3) is 0.500. The molecule has 0 saturated heterocycles. The molecule has 6 heteroatoms. The molecule has 0 unspecified atom stereocenters. The summed E-state index contributed by atoms with van der Waals surface area (Å²) in [5, 5.41) is 0. The van der Waals surface area contributed by atoms with Gasteiger partial charge in [-0.05, 0) is 19.9 Å². The topological polar surface area (TPSA) is 0 Å². The van der Waals surface area contributed by atoms with Crippen molar-refractivity contribution in [2.45, 2.75) is 26.2 Å². The van der Waals surface area contributed by atoms with Crippen molar-refractivity contribution in [1.82, 2.24) is 0 Å². The van der Waals surface area contributed by atoms with Crippen LogP contribution >= 0.6 is 0 Å². The lowest BCUT2D eigenvalue weighted by Gasteiger charge is -2.13. The summed E-state index contributed by atoms with van der Waals surface area (Å²) >= 11 is 0. The van der Waals surface area contributed by atoms with Crippen LogP contribution in [0.15, 0.2) is 23.3 Å². The zero-order valence-corrected chi connectivity index (χ0v) is 7.42. The Morgan fingerprint density at radius 2 is 1.14 bits per heavy atom. The van der Waals surface area contributed by atoms with Crippen molar-refractivity contribution in [3.05, 3.63) is 23.3 Å². The quantitative estimate of drug-likeness (QED) is 0.461. The Labute approximate surface area is 76.9 Å². The molecule has 0 radical (unpaired) electrons. The highest BCUT2D eigenvalue weighted by Crippen LogP contribution is 2.38. The lowest BCUT2D eigenvalue weighted by atomic mass is 10.2. The second kappa shape index (κ2) is 4.06. The van der Waals surface area contributed by atoms with E-state index in [0.717, 1.165) is 6.08 Å². The fourth-order valence-electron chi connectivity index (χ4n) is 0.600. The number of alkyl halides is 6. The van der Waals surface area contributed by atoms with Gasteiger partial charge in [-0.3, -0.25) is 0 Å². The minimum Gasteiger partial charge on any atom is -0.166 e. The van der Waals surface area contributed by atoms with Crippen molar-refractivity contribution in [2.24, 2.45) is 0 Å². The molecule has 82 valence electrons. The zero-order valence-electron chi connectivity index (χ0n) is 7.42. The largest absolute Gasteiger partial charge is 0.421 e. The van der Waals surface area contributed by atoms with E-state index in [1.807, 2.05) is 0 Å². The summed E-state index contributed by atoms with van der Waals surface area (Å²) in [5.41, 5.74) is -2.14. The van der Waals surface area contributed by atoms with Crippen LogP contribution in [-0.2, 0) is 0 Å². The molecule has 0 aliphatic carbocycles. The van der Waals surface area contributed by atoms with Crippen molar-refractivity contribution in [3.8, 4) is 0 Å². The molecule has 0 spiro atoms. The first-order valence-electron chi connectivity index (χ1n) is 3.54. The van der Waals surface area contributed by atoms with E-state index in [0.29, 0.717) is 5.57 Å². The van der Waals surface area contributed by atoms with Gasteiger partial charge in [0.1, 0.15) is 5.57 Å². The van der Waals surface area contributed by atoms with E-state index in [9.17, 15) is 26.3 Å². The third-order valence-corrected chi connectivity index (χ3v) is 1.19. The standard InChI is InChI=1S/C8H8F6/c1-5(2)3-4-6(7(9,10)11)8(12,13)14/h3-4H,1-2H3. The summed E-state index contributed by atoms with van der Waals surface area (Å²) in [7, 11) is 0. The second-order valence-corrected chi connectivity index (χ2v) is 2.82. The Bertz CT molecular complexity index is 232. The molecule has 0 amide bonds. The van der Waals surface area contributed by atoms with Crippen LogP contribution in [0.5, 0.6) is 0 Å². The molecule has 0 atom stereocenters. The van der Waals surface area contributed by atoms with E-state index in [1.165, 1.54) is 13.8 Å². The van der Waals surface area contributed by atoms with Crippen LogP contribution in [0.2, 0.25) is 0 Å². The SMILES string of the molecule is CC(C)=CC=C(C(F)(F)F)C(F)(F)F. The maximum Gasteiger partial charge on any atom is 0.421 e. The summed E-state index contributed by atoms with van der Waals surface area (Å²) in [6.45, 7) is 2.81.